The van der Waals surface area contributed by atoms with Crippen molar-refractivity contribution in [3.63, 3.8) is 0 Å². The molecule has 1 amide bonds. The van der Waals surface area contributed by atoms with Crippen LogP contribution in [-0.4, -0.2) is 29.1 Å². The van der Waals surface area contributed by atoms with Crippen LogP contribution in [0.2, 0.25) is 5.02 Å². The Morgan fingerprint density at radius 1 is 1.43 bits per heavy atom. The van der Waals surface area contributed by atoms with Crippen molar-refractivity contribution in [2.24, 2.45) is 0 Å². The van der Waals surface area contributed by atoms with E-state index in [0.717, 1.165) is 11.3 Å². The first-order chi connectivity index (χ1) is 10.8. The summed E-state index contributed by atoms with van der Waals surface area (Å²) in [6.45, 7) is 3.28. The molecule has 0 aliphatic carbocycles. The molecule has 0 bridgehead atoms. The average molecular weight is 355 g/mol. The lowest BCUT2D eigenvalue weighted by molar-refractivity contribution is -0.117. The minimum absolute atomic E-state index is 0.146. The van der Waals surface area contributed by atoms with Gasteiger partial charge in [-0.05, 0) is 32.0 Å². The number of aromatic carboxylic acids is 1. The second-order valence-corrected chi connectivity index (χ2v) is 6.27. The molecular formula is C15H15ClN2O4S. The Balaban J connectivity index is 2.15. The topological polar surface area (TPSA) is 88.5 Å². The van der Waals surface area contributed by atoms with Gasteiger partial charge in [-0.2, -0.15) is 0 Å². The molecule has 1 atom stereocenters. The van der Waals surface area contributed by atoms with E-state index in [1.54, 1.807) is 32.0 Å². The minimum atomic E-state index is -1.04. The van der Waals surface area contributed by atoms with E-state index < -0.39 is 11.9 Å². The predicted molar refractivity (Wildman–Crippen MR) is 88.9 cm³/mol. The van der Waals surface area contributed by atoms with Crippen molar-refractivity contribution in [3.05, 3.63) is 38.8 Å². The molecule has 0 saturated carbocycles. The molecule has 122 valence electrons. The van der Waals surface area contributed by atoms with E-state index in [1.165, 1.54) is 7.11 Å². The molecule has 0 aliphatic rings. The van der Waals surface area contributed by atoms with Crippen LogP contribution in [0, 0.1) is 6.92 Å². The van der Waals surface area contributed by atoms with Gasteiger partial charge in [0, 0.05) is 5.69 Å². The molecule has 2 rings (SSSR count). The van der Waals surface area contributed by atoms with Crippen molar-refractivity contribution >= 4 is 40.5 Å². The summed E-state index contributed by atoms with van der Waals surface area (Å²) in [5.41, 5.74) is 0.934. The molecule has 0 radical (unpaired) electrons. The van der Waals surface area contributed by atoms with Crippen molar-refractivity contribution in [2.45, 2.75) is 19.8 Å². The zero-order chi connectivity index (χ0) is 17.1. The highest BCUT2D eigenvalue weighted by Crippen LogP contribution is 2.29. The van der Waals surface area contributed by atoms with E-state index in [0.29, 0.717) is 27.2 Å². The molecule has 1 heterocycles. The number of nitrogens with zero attached hydrogens (tertiary/aromatic N) is 1. The van der Waals surface area contributed by atoms with Crippen LogP contribution in [0.15, 0.2) is 18.2 Å². The van der Waals surface area contributed by atoms with Crippen LogP contribution in [0.4, 0.5) is 5.69 Å². The summed E-state index contributed by atoms with van der Waals surface area (Å²) >= 11 is 7.02. The molecule has 6 nitrogen and oxygen atoms in total. The van der Waals surface area contributed by atoms with Crippen LogP contribution < -0.4 is 10.1 Å². The Kier molecular flexibility index (Phi) is 5.23. The molecule has 1 unspecified atom stereocenters. The lowest BCUT2D eigenvalue weighted by Crippen LogP contribution is -2.18. The molecule has 0 saturated heterocycles. The first kappa shape index (κ1) is 17.2. The van der Waals surface area contributed by atoms with Gasteiger partial charge in [0.2, 0.25) is 5.91 Å². The summed E-state index contributed by atoms with van der Waals surface area (Å²) in [7, 11) is 1.51. The van der Waals surface area contributed by atoms with Crippen LogP contribution in [-0.2, 0) is 4.79 Å². The van der Waals surface area contributed by atoms with Gasteiger partial charge >= 0.3 is 5.97 Å². The van der Waals surface area contributed by atoms with E-state index in [2.05, 4.69) is 10.3 Å². The molecule has 2 aromatic rings. The largest absolute Gasteiger partial charge is 0.495 e. The summed E-state index contributed by atoms with van der Waals surface area (Å²) in [5.74, 6) is -1.40. The van der Waals surface area contributed by atoms with E-state index in [9.17, 15) is 9.59 Å². The third-order valence-corrected chi connectivity index (χ3v) is 4.81. The number of aromatic nitrogens is 1. The fourth-order valence-corrected chi connectivity index (χ4v) is 3.12. The number of aryl methyl sites for hydroxylation is 1. The molecular weight excluding hydrogens is 340 g/mol. The van der Waals surface area contributed by atoms with Crippen molar-refractivity contribution in [1.29, 1.82) is 0 Å². The number of ether oxygens (including phenoxy) is 1. The number of benzene rings is 1. The number of carboxylic acid groups (broad SMARTS) is 1. The second-order valence-electron chi connectivity index (χ2n) is 4.83. The maximum atomic E-state index is 12.3. The Morgan fingerprint density at radius 3 is 2.65 bits per heavy atom. The standard InChI is InChI=1S/C15H15ClN2O4S/c1-7(14-17-8(2)12(23-14)15(20)21)13(19)18-9-4-5-11(22-3)10(16)6-9/h4-7H,1-3H3,(H,18,19)(H,20,21). The maximum Gasteiger partial charge on any atom is 0.347 e. The average Bonchev–Trinajstić information content (AvgIpc) is 2.88. The Morgan fingerprint density at radius 2 is 2.13 bits per heavy atom. The molecule has 2 N–H and O–H groups in total. The number of nitrogens with one attached hydrogen (secondary N) is 1. The number of amides is 1. The van der Waals surface area contributed by atoms with Crippen molar-refractivity contribution in [2.75, 3.05) is 12.4 Å². The SMILES string of the molecule is COc1ccc(NC(=O)C(C)c2nc(C)c(C(=O)O)s2)cc1Cl. The molecule has 0 aliphatic heterocycles. The van der Waals surface area contributed by atoms with Gasteiger partial charge in [0.05, 0.1) is 23.7 Å². The van der Waals surface area contributed by atoms with Crippen molar-refractivity contribution in [1.82, 2.24) is 4.98 Å². The number of anilines is 1. The number of halogens is 1. The number of rotatable bonds is 5. The zero-order valence-electron chi connectivity index (χ0n) is 12.7. The summed E-state index contributed by atoms with van der Waals surface area (Å²) < 4.78 is 5.05. The summed E-state index contributed by atoms with van der Waals surface area (Å²) in [6, 6.07) is 4.91. The highest BCUT2D eigenvalue weighted by molar-refractivity contribution is 7.13. The normalized spacial score (nSPS) is 11.8. The Bertz CT molecular complexity index is 760. The zero-order valence-corrected chi connectivity index (χ0v) is 14.3. The van der Waals surface area contributed by atoms with E-state index >= 15 is 0 Å². The number of carbonyl (C=O) groups is 2. The van der Waals surface area contributed by atoms with Gasteiger partial charge in [-0.25, -0.2) is 9.78 Å². The second kappa shape index (κ2) is 6.97. The monoisotopic (exact) mass is 354 g/mol. The molecule has 1 aromatic carbocycles. The van der Waals surface area contributed by atoms with Gasteiger partial charge in [0.25, 0.3) is 0 Å². The van der Waals surface area contributed by atoms with Gasteiger partial charge in [-0.15, -0.1) is 11.3 Å². The van der Waals surface area contributed by atoms with E-state index in [1.807, 2.05) is 0 Å². The van der Waals surface area contributed by atoms with E-state index in [-0.39, 0.29) is 10.8 Å². The highest BCUT2D eigenvalue weighted by Gasteiger charge is 2.23. The fourth-order valence-electron chi connectivity index (χ4n) is 1.91. The quantitative estimate of drug-likeness (QED) is 0.857. The summed E-state index contributed by atoms with van der Waals surface area (Å²) in [4.78, 5) is 27.7. The summed E-state index contributed by atoms with van der Waals surface area (Å²) in [5, 5.41) is 12.6. The minimum Gasteiger partial charge on any atom is -0.495 e. The predicted octanol–water partition coefficient (Wildman–Crippen LogP) is 3.55. The third kappa shape index (κ3) is 3.80. The van der Waals surface area contributed by atoms with Crippen molar-refractivity contribution in [3.8, 4) is 5.75 Å². The van der Waals surface area contributed by atoms with Gasteiger partial charge in [0.1, 0.15) is 15.6 Å². The Hall–Kier alpha value is -2.12. The first-order valence-electron chi connectivity index (χ1n) is 6.68. The fraction of sp³-hybridized carbons (Fsp3) is 0.267. The summed E-state index contributed by atoms with van der Waals surface area (Å²) in [6.07, 6.45) is 0. The highest BCUT2D eigenvalue weighted by atomic mass is 35.5. The maximum absolute atomic E-state index is 12.3. The lowest BCUT2D eigenvalue weighted by Gasteiger charge is -2.11. The number of thiazole rings is 1. The van der Waals surface area contributed by atoms with E-state index in [4.69, 9.17) is 21.4 Å². The van der Waals surface area contributed by atoms with Crippen molar-refractivity contribution < 1.29 is 19.4 Å². The number of hydrogen-bond acceptors (Lipinski definition) is 5. The number of carbonyl (C=O) groups excluding carboxylic acids is 1. The first-order valence-corrected chi connectivity index (χ1v) is 7.88. The van der Waals surface area contributed by atoms with Crippen LogP contribution in [0.25, 0.3) is 0 Å². The number of carboxylic acids is 1. The van der Waals surface area contributed by atoms with Gasteiger partial charge in [-0.3, -0.25) is 4.79 Å². The number of methoxy groups -OCH3 is 1. The molecule has 1 aromatic heterocycles. The van der Waals surface area contributed by atoms with Crippen LogP contribution in [0.3, 0.4) is 0 Å². The van der Waals surface area contributed by atoms with Crippen LogP contribution in [0.1, 0.15) is 33.2 Å². The van der Waals surface area contributed by atoms with Crippen LogP contribution in [0.5, 0.6) is 5.75 Å². The number of hydrogen-bond donors (Lipinski definition) is 2. The van der Waals surface area contributed by atoms with Gasteiger partial charge < -0.3 is 15.2 Å². The van der Waals surface area contributed by atoms with Gasteiger partial charge in [0.15, 0.2) is 0 Å². The lowest BCUT2D eigenvalue weighted by atomic mass is 10.1. The van der Waals surface area contributed by atoms with Gasteiger partial charge in [-0.1, -0.05) is 11.6 Å². The molecule has 23 heavy (non-hydrogen) atoms. The third-order valence-electron chi connectivity index (χ3n) is 3.19. The molecule has 8 heteroatoms. The molecule has 0 fully saturated rings. The smallest absolute Gasteiger partial charge is 0.347 e. The Labute approximate surface area is 142 Å². The van der Waals surface area contributed by atoms with Crippen LogP contribution >= 0.6 is 22.9 Å². The molecule has 0 spiro atoms.